The van der Waals surface area contributed by atoms with Gasteiger partial charge in [-0.15, -0.1) is 0 Å². The highest BCUT2D eigenvalue weighted by atomic mass is 32.1. The summed E-state index contributed by atoms with van der Waals surface area (Å²) in [4.78, 5) is -0.287. The van der Waals surface area contributed by atoms with Gasteiger partial charge in [-0.1, -0.05) is 12.2 Å². The van der Waals surface area contributed by atoms with Crippen LogP contribution in [0.25, 0.3) is 0 Å². The van der Waals surface area contributed by atoms with E-state index in [1.54, 1.807) is 24.7 Å². The standard InChI is InChI=1S/C13H13F3N4S/c1-7-5-11(20(2)19-7)18-8-3-4-9(12(17)21)10(6-8)13(14,15)16/h3-6,18H,1-2H3,(H2,17,21). The number of thiocarbonyl (C=S) groups is 1. The van der Waals surface area contributed by atoms with Crippen molar-refractivity contribution >= 4 is 28.7 Å². The van der Waals surface area contributed by atoms with Gasteiger partial charge in [-0.05, 0) is 25.1 Å². The fourth-order valence-electron chi connectivity index (χ4n) is 1.95. The lowest BCUT2D eigenvalue weighted by Gasteiger charge is -2.14. The second-order valence-corrected chi connectivity index (χ2v) is 4.98. The van der Waals surface area contributed by atoms with Crippen molar-refractivity contribution in [3.8, 4) is 0 Å². The largest absolute Gasteiger partial charge is 0.417 e. The molecule has 0 atom stereocenters. The Kier molecular flexibility index (Phi) is 3.91. The first-order valence-electron chi connectivity index (χ1n) is 5.97. The van der Waals surface area contributed by atoms with Crippen LogP contribution in [0, 0.1) is 6.92 Å². The monoisotopic (exact) mass is 314 g/mol. The van der Waals surface area contributed by atoms with Crippen LogP contribution >= 0.6 is 12.2 Å². The van der Waals surface area contributed by atoms with Crippen LogP contribution in [0.4, 0.5) is 24.7 Å². The van der Waals surface area contributed by atoms with Crippen LogP contribution in [-0.2, 0) is 13.2 Å². The average Bonchev–Trinajstić information content (AvgIpc) is 2.66. The molecule has 0 radical (unpaired) electrons. The molecular formula is C13H13F3N4S. The molecule has 3 N–H and O–H groups in total. The molecule has 21 heavy (non-hydrogen) atoms. The van der Waals surface area contributed by atoms with Crippen LogP contribution in [0.5, 0.6) is 0 Å². The van der Waals surface area contributed by atoms with Crippen molar-refractivity contribution in [2.45, 2.75) is 13.1 Å². The van der Waals surface area contributed by atoms with E-state index in [9.17, 15) is 13.2 Å². The molecule has 0 bridgehead atoms. The lowest BCUT2D eigenvalue weighted by Crippen LogP contribution is -2.18. The van der Waals surface area contributed by atoms with E-state index in [1.165, 1.54) is 12.1 Å². The van der Waals surface area contributed by atoms with Crippen LogP contribution < -0.4 is 11.1 Å². The number of benzene rings is 1. The van der Waals surface area contributed by atoms with Gasteiger partial charge in [-0.2, -0.15) is 18.3 Å². The summed E-state index contributed by atoms with van der Waals surface area (Å²) in [6, 6.07) is 5.47. The minimum atomic E-state index is -4.53. The summed E-state index contributed by atoms with van der Waals surface area (Å²) in [5.41, 5.74) is 5.33. The Labute approximate surface area is 124 Å². The molecule has 0 saturated heterocycles. The quantitative estimate of drug-likeness (QED) is 0.855. The van der Waals surface area contributed by atoms with E-state index < -0.39 is 11.7 Å². The molecule has 0 aliphatic carbocycles. The molecule has 4 nitrogen and oxygen atoms in total. The number of aromatic nitrogens is 2. The third-order valence-electron chi connectivity index (χ3n) is 2.86. The number of anilines is 2. The van der Waals surface area contributed by atoms with Gasteiger partial charge in [0.1, 0.15) is 10.8 Å². The number of aryl methyl sites for hydroxylation is 2. The zero-order valence-electron chi connectivity index (χ0n) is 11.3. The van der Waals surface area contributed by atoms with Crippen molar-refractivity contribution in [1.29, 1.82) is 0 Å². The number of hydrogen-bond donors (Lipinski definition) is 2. The van der Waals surface area contributed by atoms with Crippen LogP contribution in [0.3, 0.4) is 0 Å². The molecule has 0 spiro atoms. The maximum atomic E-state index is 13.1. The Balaban J connectivity index is 2.43. The third-order valence-corrected chi connectivity index (χ3v) is 3.08. The highest BCUT2D eigenvalue weighted by molar-refractivity contribution is 7.80. The van der Waals surface area contributed by atoms with Gasteiger partial charge in [0.05, 0.1) is 11.3 Å². The molecule has 0 saturated carbocycles. The van der Waals surface area contributed by atoms with E-state index in [0.29, 0.717) is 5.82 Å². The number of alkyl halides is 3. The molecule has 0 aliphatic rings. The number of halogens is 3. The SMILES string of the molecule is Cc1cc(Nc2ccc(C(N)=S)c(C(F)(F)F)c2)n(C)n1. The van der Waals surface area contributed by atoms with Gasteiger partial charge < -0.3 is 11.1 Å². The van der Waals surface area contributed by atoms with Crippen LogP contribution in [0.15, 0.2) is 24.3 Å². The molecule has 8 heteroatoms. The molecule has 0 amide bonds. The fraction of sp³-hybridized carbons (Fsp3) is 0.231. The molecule has 0 aliphatic heterocycles. The van der Waals surface area contributed by atoms with E-state index >= 15 is 0 Å². The smallest absolute Gasteiger partial charge is 0.389 e. The topological polar surface area (TPSA) is 55.9 Å². The first-order valence-corrected chi connectivity index (χ1v) is 6.38. The average molecular weight is 314 g/mol. The third kappa shape index (κ3) is 3.33. The van der Waals surface area contributed by atoms with E-state index in [4.69, 9.17) is 5.73 Å². The summed E-state index contributed by atoms with van der Waals surface area (Å²) in [6.45, 7) is 1.79. The van der Waals surface area contributed by atoms with Crippen molar-refractivity contribution in [2.75, 3.05) is 5.32 Å². The number of nitrogens with one attached hydrogen (secondary N) is 1. The second-order valence-electron chi connectivity index (χ2n) is 4.54. The molecule has 1 aromatic carbocycles. The van der Waals surface area contributed by atoms with Crippen LogP contribution in [0.1, 0.15) is 16.8 Å². The van der Waals surface area contributed by atoms with Crippen molar-refractivity contribution in [2.24, 2.45) is 12.8 Å². The summed E-state index contributed by atoms with van der Waals surface area (Å²) in [7, 11) is 1.70. The first-order chi connectivity index (χ1) is 9.68. The van der Waals surface area contributed by atoms with Gasteiger partial charge >= 0.3 is 6.18 Å². The van der Waals surface area contributed by atoms with E-state index in [1.807, 2.05) is 0 Å². The molecule has 2 aromatic rings. The van der Waals surface area contributed by atoms with Crippen molar-refractivity contribution in [3.05, 3.63) is 41.1 Å². The minimum Gasteiger partial charge on any atom is -0.389 e. The summed E-state index contributed by atoms with van der Waals surface area (Å²) in [5, 5.41) is 7.00. The van der Waals surface area contributed by atoms with Crippen LogP contribution in [-0.4, -0.2) is 14.8 Å². The lowest BCUT2D eigenvalue weighted by atomic mass is 10.1. The van der Waals surface area contributed by atoms with Gasteiger partial charge in [0.15, 0.2) is 0 Å². The van der Waals surface area contributed by atoms with E-state index in [0.717, 1.165) is 11.8 Å². The number of rotatable bonds is 3. The van der Waals surface area contributed by atoms with Gasteiger partial charge in [-0.25, -0.2) is 0 Å². The van der Waals surface area contributed by atoms with Gasteiger partial charge in [0.25, 0.3) is 0 Å². The highest BCUT2D eigenvalue weighted by Crippen LogP contribution is 2.34. The second kappa shape index (κ2) is 5.36. The maximum absolute atomic E-state index is 13.1. The summed E-state index contributed by atoms with van der Waals surface area (Å²) in [5.74, 6) is 0.587. The first kappa shape index (κ1) is 15.3. The zero-order chi connectivity index (χ0) is 15.8. The van der Waals surface area contributed by atoms with Gasteiger partial charge in [-0.3, -0.25) is 4.68 Å². The maximum Gasteiger partial charge on any atom is 0.417 e. The van der Waals surface area contributed by atoms with Gasteiger partial charge in [0, 0.05) is 24.4 Å². The number of hydrogen-bond acceptors (Lipinski definition) is 3. The lowest BCUT2D eigenvalue weighted by molar-refractivity contribution is -0.137. The Bertz CT molecular complexity index is 691. The summed E-state index contributed by atoms with van der Waals surface area (Å²) >= 11 is 4.66. The minimum absolute atomic E-state index is 0.191. The Morgan fingerprint density at radius 3 is 2.48 bits per heavy atom. The predicted molar refractivity (Wildman–Crippen MR) is 78.6 cm³/mol. The normalized spacial score (nSPS) is 11.5. The number of nitrogens with zero attached hydrogens (tertiary/aromatic N) is 2. The Hall–Kier alpha value is -2.09. The summed E-state index contributed by atoms with van der Waals surface area (Å²) < 4.78 is 40.7. The van der Waals surface area contributed by atoms with E-state index in [2.05, 4.69) is 22.6 Å². The van der Waals surface area contributed by atoms with Gasteiger partial charge in [0.2, 0.25) is 0 Å². The molecule has 1 aromatic heterocycles. The van der Waals surface area contributed by atoms with E-state index in [-0.39, 0.29) is 16.2 Å². The highest BCUT2D eigenvalue weighted by Gasteiger charge is 2.34. The molecule has 112 valence electrons. The molecule has 2 rings (SSSR count). The predicted octanol–water partition coefficient (Wildman–Crippen LogP) is 3.13. The molecule has 1 heterocycles. The summed E-state index contributed by atoms with van der Waals surface area (Å²) in [6.07, 6.45) is -4.53. The Morgan fingerprint density at radius 2 is 2.00 bits per heavy atom. The molecular weight excluding hydrogens is 301 g/mol. The molecule has 0 fully saturated rings. The van der Waals surface area contributed by atoms with Crippen molar-refractivity contribution < 1.29 is 13.2 Å². The zero-order valence-corrected chi connectivity index (χ0v) is 12.1. The molecule has 0 unspecified atom stereocenters. The van der Waals surface area contributed by atoms with Crippen molar-refractivity contribution in [3.63, 3.8) is 0 Å². The van der Waals surface area contributed by atoms with Crippen molar-refractivity contribution in [1.82, 2.24) is 9.78 Å². The number of nitrogens with two attached hydrogens (primary N) is 1. The van der Waals surface area contributed by atoms with Crippen LogP contribution in [0.2, 0.25) is 0 Å². The fourth-order valence-corrected chi connectivity index (χ4v) is 2.12. The Morgan fingerprint density at radius 1 is 1.33 bits per heavy atom.